The van der Waals surface area contributed by atoms with E-state index in [1.54, 1.807) is 7.11 Å². The normalized spacial score (nSPS) is 26.3. The molecule has 5 nitrogen and oxygen atoms in total. The van der Waals surface area contributed by atoms with Gasteiger partial charge in [-0.2, -0.15) is 0 Å². The van der Waals surface area contributed by atoms with Gasteiger partial charge in [-0.25, -0.2) is 8.42 Å². The monoisotopic (exact) mass is 293 g/mol. The van der Waals surface area contributed by atoms with Gasteiger partial charge in [0.2, 0.25) is 0 Å². The molecule has 3 atom stereocenters. The molecule has 0 amide bonds. The summed E-state index contributed by atoms with van der Waals surface area (Å²) in [6.07, 6.45) is 4.96. The Balaban J connectivity index is 2.46. The van der Waals surface area contributed by atoms with Crippen molar-refractivity contribution in [2.45, 2.75) is 37.0 Å². The van der Waals surface area contributed by atoms with Crippen LogP contribution in [0.1, 0.15) is 25.7 Å². The number of nitrogens with one attached hydrogen (secondary N) is 1. The highest BCUT2D eigenvalue weighted by atomic mass is 32.2. The molecule has 0 heterocycles. The zero-order valence-corrected chi connectivity index (χ0v) is 13.0. The maximum absolute atomic E-state index is 11.7. The number of methoxy groups -OCH3 is 1. The number of likely N-dealkylation sites (N-methyl/N-ethyl adjacent to an activating group) is 1. The molecule has 1 fully saturated rings. The molecule has 0 aromatic carbocycles. The summed E-state index contributed by atoms with van der Waals surface area (Å²) in [4.78, 5) is 0. The van der Waals surface area contributed by atoms with Crippen LogP contribution >= 0.6 is 0 Å². The van der Waals surface area contributed by atoms with Gasteiger partial charge in [0.05, 0.1) is 25.1 Å². The number of ether oxygens (including phenoxy) is 2. The molecule has 6 heteroatoms. The fourth-order valence-electron chi connectivity index (χ4n) is 2.74. The molecule has 0 aliphatic heterocycles. The first-order valence-corrected chi connectivity index (χ1v) is 8.87. The molecule has 3 unspecified atom stereocenters. The maximum atomic E-state index is 11.7. The smallest absolute Gasteiger partial charge is 0.150 e. The Labute approximate surface area is 117 Å². The van der Waals surface area contributed by atoms with Crippen molar-refractivity contribution in [2.24, 2.45) is 5.92 Å². The van der Waals surface area contributed by atoms with Gasteiger partial charge >= 0.3 is 0 Å². The fraction of sp³-hybridized carbons (Fsp3) is 1.00. The van der Waals surface area contributed by atoms with Crippen LogP contribution in [0, 0.1) is 5.92 Å². The SMILES string of the molecule is CNC(COCCOC)C1CCCC(S(C)(=O)=O)C1. The van der Waals surface area contributed by atoms with Crippen LogP contribution < -0.4 is 5.32 Å². The van der Waals surface area contributed by atoms with Crippen LogP contribution in [0.5, 0.6) is 0 Å². The Bertz CT molecular complexity index is 345. The molecule has 1 aliphatic rings. The zero-order valence-electron chi connectivity index (χ0n) is 12.2. The lowest BCUT2D eigenvalue weighted by Crippen LogP contribution is -2.42. The number of hydrogen-bond acceptors (Lipinski definition) is 5. The first-order chi connectivity index (χ1) is 8.99. The summed E-state index contributed by atoms with van der Waals surface area (Å²) in [6.45, 7) is 1.78. The van der Waals surface area contributed by atoms with E-state index < -0.39 is 9.84 Å². The lowest BCUT2D eigenvalue weighted by Gasteiger charge is -2.33. The van der Waals surface area contributed by atoms with Crippen molar-refractivity contribution < 1.29 is 17.9 Å². The van der Waals surface area contributed by atoms with Gasteiger partial charge in [-0.05, 0) is 32.2 Å². The predicted octanol–water partition coefficient (Wildman–Crippen LogP) is 0.841. The average Bonchev–Trinajstić information content (AvgIpc) is 2.38. The van der Waals surface area contributed by atoms with Gasteiger partial charge in [0.1, 0.15) is 9.84 Å². The fourth-order valence-corrected chi connectivity index (χ4v) is 3.93. The quantitative estimate of drug-likeness (QED) is 0.672. The molecule has 1 N–H and O–H groups in total. The van der Waals surface area contributed by atoms with E-state index in [9.17, 15) is 8.42 Å². The van der Waals surface area contributed by atoms with Crippen molar-refractivity contribution in [3.8, 4) is 0 Å². The Hall–Kier alpha value is -0.170. The van der Waals surface area contributed by atoms with Gasteiger partial charge in [-0.3, -0.25) is 0 Å². The maximum Gasteiger partial charge on any atom is 0.150 e. The molecule has 19 heavy (non-hydrogen) atoms. The van der Waals surface area contributed by atoms with Crippen molar-refractivity contribution in [1.29, 1.82) is 0 Å². The van der Waals surface area contributed by atoms with Crippen molar-refractivity contribution >= 4 is 9.84 Å². The second kappa shape index (κ2) is 8.19. The summed E-state index contributed by atoms with van der Waals surface area (Å²) in [5, 5.41) is 3.08. The van der Waals surface area contributed by atoms with E-state index in [4.69, 9.17) is 9.47 Å². The zero-order chi connectivity index (χ0) is 14.3. The lowest BCUT2D eigenvalue weighted by atomic mass is 9.84. The van der Waals surface area contributed by atoms with Crippen LogP contribution in [0.4, 0.5) is 0 Å². The van der Waals surface area contributed by atoms with Gasteiger partial charge in [-0.1, -0.05) is 6.42 Å². The minimum absolute atomic E-state index is 0.180. The summed E-state index contributed by atoms with van der Waals surface area (Å²) in [6, 6.07) is 0.224. The Morgan fingerprint density at radius 3 is 2.63 bits per heavy atom. The van der Waals surface area contributed by atoms with Crippen LogP contribution in [0.2, 0.25) is 0 Å². The lowest BCUT2D eigenvalue weighted by molar-refractivity contribution is 0.0467. The molecule has 1 aliphatic carbocycles. The third-order valence-corrected chi connectivity index (χ3v) is 5.58. The van der Waals surface area contributed by atoms with E-state index in [0.717, 1.165) is 25.7 Å². The average molecular weight is 293 g/mol. The van der Waals surface area contributed by atoms with E-state index in [1.807, 2.05) is 7.05 Å². The number of hydrogen-bond donors (Lipinski definition) is 1. The van der Waals surface area contributed by atoms with Crippen molar-refractivity contribution in [2.75, 3.05) is 40.2 Å². The largest absolute Gasteiger partial charge is 0.382 e. The molecule has 0 bridgehead atoms. The van der Waals surface area contributed by atoms with Crippen molar-refractivity contribution in [1.82, 2.24) is 5.32 Å². The van der Waals surface area contributed by atoms with Gasteiger partial charge in [0.25, 0.3) is 0 Å². The third-order valence-electron chi connectivity index (χ3n) is 3.94. The standard InChI is InChI=1S/C13H27NO4S/c1-14-13(10-18-8-7-17-2)11-5-4-6-12(9-11)19(3,15)16/h11-14H,4-10H2,1-3H3. The summed E-state index contributed by atoms with van der Waals surface area (Å²) in [5.41, 5.74) is 0. The van der Waals surface area contributed by atoms with E-state index in [0.29, 0.717) is 25.7 Å². The molecular formula is C13H27NO4S. The highest BCUT2D eigenvalue weighted by molar-refractivity contribution is 7.91. The van der Waals surface area contributed by atoms with Gasteiger partial charge in [0, 0.05) is 19.4 Å². The summed E-state index contributed by atoms with van der Waals surface area (Å²) >= 11 is 0. The van der Waals surface area contributed by atoms with Crippen molar-refractivity contribution in [3.63, 3.8) is 0 Å². The summed E-state index contributed by atoms with van der Waals surface area (Å²) < 4.78 is 33.9. The molecule has 1 saturated carbocycles. The number of rotatable bonds is 8. The summed E-state index contributed by atoms with van der Waals surface area (Å²) in [7, 11) is 0.642. The van der Waals surface area contributed by atoms with Gasteiger partial charge < -0.3 is 14.8 Å². The van der Waals surface area contributed by atoms with Crippen molar-refractivity contribution in [3.05, 3.63) is 0 Å². The second-order valence-corrected chi connectivity index (χ2v) is 7.67. The Morgan fingerprint density at radius 2 is 2.05 bits per heavy atom. The second-order valence-electron chi connectivity index (χ2n) is 5.34. The van der Waals surface area contributed by atoms with Crippen LogP contribution in [-0.4, -0.2) is 59.9 Å². The molecule has 1 rings (SSSR count). The van der Waals surface area contributed by atoms with E-state index in [-0.39, 0.29) is 11.3 Å². The number of sulfone groups is 1. The van der Waals surface area contributed by atoms with Gasteiger partial charge in [0.15, 0.2) is 0 Å². The highest BCUT2D eigenvalue weighted by Crippen LogP contribution is 2.30. The molecule has 114 valence electrons. The first-order valence-electron chi connectivity index (χ1n) is 6.91. The minimum Gasteiger partial charge on any atom is -0.382 e. The first kappa shape index (κ1) is 16.9. The highest BCUT2D eigenvalue weighted by Gasteiger charge is 2.32. The summed E-state index contributed by atoms with van der Waals surface area (Å²) in [5.74, 6) is 0.376. The molecule has 0 saturated heterocycles. The van der Waals surface area contributed by atoms with Crippen LogP contribution in [0.25, 0.3) is 0 Å². The van der Waals surface area contributed by atoms with E-state index in [2.05, 4.69) is 5.32 Å². The van der Waals surface area contributed by atoms with E-state index >= 15 is 0 Å². The van der Waals surface area contributed by atoms with Crippen LogP contribution in [0.15, 0.2) is 0 Å². The molecule has 0 radical (unpaired) electrons. The Kier molecular flexibility index (Phi) is 7.28. The molecule has 0 aromatic rings. The third kappa shape index (κ3) is 5.77. The molecule has 0 spiro atoms. The minimum atomic E-state index is -2.92. The molecular weight excluding hydrogens is 266 g/mol. The van der Waals surface area contributed by atoms with E-state index in [1.165, 1.54) is 6.26 Å². The Morgan fingerprint density at radius 1 is 1.32 bits per heavy atom. The van der Waals surface area contributed by atoms with Crippen LogP contribution in [-0.2, 0) is 19.3 Å². The van der Waals surface area contributed by atoms with Crippen LogP contribution in [0.3, 0.4) is 0 Å². The van der Waals surface area contributed by atoms with Gasteiger partial charge in [-0.15, -0.1) is 0 Å². The predicted molar refractivity (Wildman–Crippen MR) is 76.1 cm³/mol. The molecule has 0 aromatic heterocycles. The topological polar surface area (TPSA) is 64.6 Å².